The molecule has 1 amide bonds. The van der Waals surface area contributed by atoms with Crippen LogP contribution in [-0.2, 0) is 11.2 Å². The molecular weight excluding hydrogens is 350 g/mol. The van der Waals surface area contributed by atoms with E-state index in [1.54, 1.807) is 11.8 Å². The molecule has 1 atom stereocenters. The Morgan fingerprint density at radius 2 is 1.52 bits per heavy atom. The van der Waals surface area contributed by atoms with Crippen LogP contribution in [0.15, 0.2) is 89.8 Å². The summed E-state index contributed by atoms with van der Waals surface area (Å²) in [5.41, 5.74) is 3.16. The highest BCUT2D eigenvalue weighted by atomic mass is 32.2. The molecule has 3 aromatic carbocycles. The maximum Gasteiger partial charge on any atom is 0.242 e. The summed E-state index contributed by atoms with van der Waals surface area (Å²) in [7, 11) is 0. The smallest absolute Gasteiger partial charge is 0.242 e. The zero-order chi connectivity index (χ0) is 18.9. The van der Waals surface area contributed by atoms with Gasteiger partial charge >= 0.3 is 0 Å². The number of carbonyl (C=O) groups is 1. The van der Waals surface area contributed by atoms with Gasteiger partial charge in [-0.2, -0.15) is 0 Å². The molecule has 0 saturated heterocycles. The van der Waals surface area contributed by atoms with E-state index in [2.05, 4.69) is 24.4 Å². The Kier molecular flexibility index (Phi) is 7.11. The van der Waals surface area contributed by atoms with Crippen LogP contribution in [0.5, 0.6) is 0 Å². The number of aryl methyl sites for hydroxylation is 1. The summed E-state index contributed by atoms with van der Waals surface area (Å²) < 4.78 is 0. The molecule has 0 unspecified atom stereocenters. The third kappa shape index (κ3) is 5.73. The van der Waals surface area contributed by atoms with Gasteiger partial charge in [0.25, 0.3) is 0 Å². The highest BCUT2D eigenvalue weighted by molar-refractivity contribution is 8.00. The summed E-state index contributed by atoms with van der Waals surface area (Å²) in [5, 5.41) is 2.79. The minimum atomic E-state index is -0.298. The SMILES string of the molecule is CCCCc1ccc(NC(=O)[C@H](Sc2ccccc2)c2ccccc2)cc1. The monoisotopic (exact) mass is 375 g/mol. The lowest BCUT2D eigenvalue weighted by molar-refractivity contribution is -0.115. The average Bonchev–Trinajstić information content (AvgIpc) is 2.73. The van der Waals surface area contributed by atoms with Crippen LogP contribution in [0.4, 0.5) is 5.69 Å². The van der Waals surface area contributed by atoms with Gasteiger partial charge in [-0.15, -0.1) is 11.8 Å². The number of carbonyl (C=O) groups excluding carboxylic acids is 1. The highest BCUT2D eigenvalue weighted by Gasteiger charge is 2.22. The van der Waals surface area contributed by atoms with Gasteiger partial charge in [0.05, 0.1) is 0 Å². The van der Waals surface area contributed by atoms with Gasteiger partial charge in [0.1, 0.15) is 5.25 Å². The second-order valence-corrected chi connectivity index (χ2v) is 7.69. The second kappa shape index (κ2) is 9.98. The van der Waals surface area contributed by atoms with Gasteiger partial charge in [-0.25, -0.2) is 0 Å². The van der Waals surface area contributed by atoms with Gasteiger partial charge < -0.3 is 5.32 Å². The van der Waals surface area contributed by atoms with Crippen molar-refractivity contribution in [2.75, 3.05) is 5.32 Å². The highest BCUT2D eigenvalue weighted by Crippen LogP contribution is 2.36. The lowest BCUT2D eigenvalue weighted by Gasteiger charge is -2.17. The zero-order valence-corrected chi connectivity index (χ0v) is 16.4. The van der Waals surface area contributed by atoms with E-state index in [0.29, 0.717) is 0 Å². The first-order valence-electron chi connectivity index (χ1n) is 9.42. The summed E-state index contributed by atoms with van der Waals surface area (Å²) in [6, 6.07) is 28.2. The predicted molar refractivity (Wildman–Crippen MR) is 115 cm³/mol. The molecule has 1 N–H and O–H groups in total. The Morgan fingerprint density at radius 3 is 2.15 bits per heavy atom. The Balaban J connectivity index is 1.74. The summed E-state index contributed by atoms with van der Waals surface area (Å²) in [6.07, 6.45) is 3.46. The van der Waals surface area contributed by atoms with Crippen molar-refractivity contribution < 1.29 is 4.79 Å². The van der Waals surface area contributed by atoms with Crippen molar-refractivity contribution in [3.63, 3.8) is 0 Å². The van der Waals surface area contributed by atoms with Gasteiger partial charge in [0.15, 0.2) is 0 Å². The third-order valence-electron chi connectivity index (χ3n) is 4.38. The number of hydrogen-bond acceptors (Lipinski definition) is 2. The van der Waals surface area contributed by atoms with Crippen LogP contribution in [0, 0.1) is 0 Å². The lowest BCUT2D eigenvalue weighted by atomic mass is 10.1. The van der Waals surface area contributed by atoms with Crippen molar-refractivity contribution in [1.82, 2.24) is 0 Å². The van der Waals surface area contributed by atoms with E-state index in [0.717, 1.165) is 22.6 Å². The quantitative estimate of drug-likeness (QED) is 0.455. The summed E-state index contributed by atoms with van der Waals surface area (Å²) in [6.45, 7) is 2.20. The Hall–Kier alpha value is -2.52. The molecule has 0 saturated carbocycles. The van der Waals surface area contributed by atoms with E-state index >= 15 is 0 Å². The van der Waals surface area contributed by atoms with Crippen LogP contribution >= 0.6 is 11.8 Å². The van der Waals surface area contributed by atoms with Crippen LogP contribution in [0.1, 0.15) is 36.1 Å². The fourth-order valence-corrected chi connectivity index (χ4v) is 3.92. The molecule has 0 fully saturated rings. The molecule has 2 nitrogen and oxygen atoms in total. The van der Waals surface area contributed by atoms with Gasteiger partial charge in [-0.3, -0.25) is 4.79 Å². The number of rotatable bonds is 8. The molecule has 0 radical (unpaired) electrons. The van der Waals surface area contributed by atoms with Gasteiger partial charge in [0, 0.05) is 10.6 Å². The van der Waals surface area contributed by atoms with Crippen LogP contribution in [0.25, 0.3) is 0 Å². The molecule has 27 heavy (non-hydrogen) atoms. The van der Waals surface area contributed by atoms with E-state index in [1.165, 1.54) is 18.4 Å². The van der Waals surface area contributed by atoms with Gasteiger partial charge in [-0.1, -0.05) is 74.0 Å². The Bertz CT molecular complexity index is 831. The largest absolute Gasteiger partial charge is 0.325 e. The van der Waals surface area contributed by atoms with Crippen LogP contribution in [-0.4, -0.2) is 5.91 Å². The molecule has 3 rings (SSSR count). The first-order valence-corrected chi connectivity index (χ1v) is 10.3. The minimum absolute atomic E-state index is 0.00337. The number of thioether (sulfide) groups is 1. The number of benzene rings is 3. The molecule has 0 aromatic heterocycles. The van der Waals surface area contributed by atoms with Crippen molar-refractivity contribution in [2.45, 2.75) is 36.3 Å². The van der Waals surface area contributed by atoms with Crippen LogP contribution < -0.4 is 5.32 Å². The molecule has 0 bridgehead atoms. The second-order valence-electron chi connectivity index (χ2n) is 6.51. The van der Waals surface area contributed by atoms with Crippen molar-refractivity contribution in [2.24, 2.45) is 0 Å². The van der Waals surface area contributed by atoms with E-state index < -0.39 is 0 Å². The topological polar surface area (TPSA) is 29.1 Å². The minimum Gasteiger partial charge on any atom is -0.325 e. The third-order valence-corrected chi connectivity index (χ3v) is 5.64. The van der Waals surface area contributed by atoms with E-state index in [1.807, 2.05) is 72.8 Å². The van der Waals surface area contributed by atoms with E-state index in [-0.39, 0.29) is 11.2 Å². The maximum atomic E-state index is 13.0. The molecule has 3 aromatic rings. The molecule has 0 aliphatic carbocycles. The number of nitrogens with one attached hydrogen (secondary N) is 1. The van der Waals surface area contributed by atoms with E-state index in [9.17, 15) is 4.79 Å². The first kappa shape index (κ1) is 19.2. The summed E-state index contributed by atoms with van der Waals surface area (Å²) in [5.74, 6) is -0.00337. The predicted octanol–water partition coefficient (Wildman–Crippen LogP) is 6.50. The number of unbranched alkanes of at least 4 members (excludes halogenated alkanes) is 1. The fourth-order valence-electron chi connectivity index (χ4n) is 2.88. The molecule has 0 heterocycles. The molecule has 0 aliphatic rings. The normalized spacial score (nSPS) is 11.7. The van der Waals surface area contributed by atoms with Crippen LogP contribution in [0.2, 0.25) is 0 Å². The molecular formula is C24H25NOS. The van der Waals surface area contributed by atoms with Gasteiger partial charge in [0.2, 0.25) is 5.91 Å². The molecule has 0 aliphatic heterocycles. The van der Waals surface area contributed by atoms with Crippen molar-refractivity contribution in [3.8, 4) is 0 Å². The van der Waals surface area contributed by atoms with E-state index in [4.69, 9.17) is 0 Å². The van der Waals surface area contributed by atoms with Crippen LogP contribution in [0.3, 0.4) is 0 Å². The first-order chi connectivity index (χ1) is 13.3. The lowest BCUT2D eigenvalue weighted by Crippen LogP contribution is -2.19. The molecule has 138 valence electrons. The number of anilines is 1. The number of amides is 1. The van der Waals surface area contributed by atoms with Gasteiger partial charge in [-0.05, 0) is 48.2 Å². The van der Waals surface area contributed by atoms with Crippen molar-refractivity contribution in [3.05, 3.63) is 96.1 Å². The Labute approximate surface area is 166 Å². The molecule has 0 spiro atoms. The molecule has 3 heteroatoms. The average molecular weight is 376 g/mol. The Morgan fingerprint density at radius 1 is 0.889 bits per heavy atom. The maximum absolute atomic E-state index is 13.0. The number of hydrogen-bond donors (Lipinski definition) is 1. The summed E-state index contributed by atoms with van der Waals surface area (Å²) in [4.78, 5) is 14.1. The summed E-state index contributed by atoms with van der Waals surface area (Å²) >= 11 is 1.57. The zero-order valence-electron chi connectivity index (χ0n) is 15.6. The fraction of sp³-hybridized carbons (Fsp3) is 0.208. The van der Waals surface area contributed by atoms with Crippen molar-refractivity contribution >= 4 is 23.4 Å². The standard InChI is InChI=1S/C24H25NOS/c1-2-3-10-19-15-17-21(18-16-19)25-24(26)23(20-11-6-4-7-12-20)27-22-13-8-5-9-14-22/h4-9,11-18,23H,2-3,10H2,1H3,(H,25,26)/t23-/m1/s1. The van der Waals surface area contributed by atoms with Crippen molar-refractivity contribution in [1.29, 1.82) is 0 Å².